The minimum atomic E-state index is -4.70. The smallest absolute Gasteiger partial charge is 0.306 e. The molecule has 0 aliphatic heterocycles. The molecule has 2 N–H and O–H groups in total. The first-order valence-corrected chi connectivity index (χ1v) is 23.9. The molecular formula is C46H80NO11P. The summed E-state index contributed by atoms with van der Waals surface area (Å²) in [6.07, 6.45) is 30.5. The Labute approximate surface area is 356 Å². The van der Waals surface area contributed by atoms with E-state index in [1.54, 1.807) is 12.2 Å². The van der Waals surface area contributed by atoms with Crippen LogP contribution in [-0.2, 0) is 37.5 Å². The second-order valence-corrected chi connectivity index (χ2v) is 18.3. The van der Waals surface area contributed by atoms with Crippen molar-refractivity contribution in [2.45, 2.75) is 167 Å². The lowest BCUT2D eigenvalue weighted by Gasteiger charge is -2.28. The number of aliphatic hydroxyl groups is 2. The molecule has 12 nitrogen and oxygen atoms in total. The van der Waals surface area contributed by atoms with Gasteiger partial charge in [0.15, 0.2) is 6.10 Å². The number of carbonyl (C=O) groups excluding carboxylic acids is 3. The van der Waals surface area contributed by atoms with E-state index < -0.39 is 50.6 Å². The first-order valence-electron chi connectivity index (χ1n) is 22.4. The summed E-state index contributed by atoms with van der Waals surface area (Å²) in [5.74, 6) is -1.65. The lowest BCUT2D eigenvalue weighted by molar-refractivity contribution is -0.870. The number of unbranched alkanes of at least 4 members (excludes halogenated alkanes) is 10. The Hall–Kier alpha value is -2.44. The van der Waals surface area contributed by atoms with Gasteiger partial charge in [-0.05, 0) is 70.1 Å². The average Bonchev–Trinajstić information content (AvgIpc) is 3.44. The van der Waals surface area contributed by atoms with Crippen LogP contribution in [-0.4, -0.2) is 98.2 Å². The quantitative estimate of drug-likeness (QED) is 0.0203. The number of aliphatic hydroxyl groups excluding tert-OH is 2. The molecular weight excluding hydrogens is 773 g/mol. The largest absolute Gasteiger partial charge is 0.756 e. The van der Waals surface area contributed by atoms with Gasteiger partial charge in [-0.25, -0.2) is 0 Å². The van der Waals surface area contributed by atoms with E-state index in [4.69, 9.17) is 18.5 Å². The number of esters is 2. The molecule has 0 saturated heterocycles. The van der Waals surface area contributed by atoms with Crippen LogP contribution in [0.5, 0.6) is 0 Å². The molecule has 0 aromatic rings. The average molecular weight is 854 g/mol. The van der Waals surface area contributed by atoms with Crippen LogP contribution in [0.4, 0.5) is 0 Å². The molecule has 0 spiro atoms. The van der Waals surface area contributed by atoms with Gasteiger partial charge in [0.1, 0.15) is 25.5 Å². The van der Waals surface area contributed by atoms with Crippen LogP contribution in [0.2, 0.25) is 0 Å². The predicted molar refractivity (Wildman–Crippen MR) is 232 cm³/mol. The number of likely N-dealkylation sites (N-methyl/N-ethyl adjacent to an activating group) is 1. The Balaban J connectivity index is 2.51. The molecule has 340 valence electrons. The lowest BCUT2D eigenvalue weighted by Crippen LogP contribution is -2.37. The molecule has 0 bridgehead atoms. The number of hydrogen-bond acceptors (Lipinski definition) is 11. The van der Waals surface area contributed by atoms with Crippen molar-refractivity contribution in [2.24, 2.45) is 11.8 Å². The molecule has 13 heteroatoms. The van der Waals surface area contributed by atoms with Gasteiger partial charge in [-0.2, -0.15) is 0 Å². The van der Waals surface area contributed by atoms with Crippen LogP contribution in [0.25, 0.3) is 0 Å². The first kappa shape index (κ1) is 54.6. The second-order valence-electron chi connectivity index (χ2n) is 16.8. The number of ether oxygens (including phenoxy) is 2. The summed E-state index contributed by atoms with van der Waals surface area (Å²) in [6, 6.07) is 0. The van der Waals surface area contributed by atoms with Gasteiger partial charge in [-0.3, -0.25) is 18.9 Å². The fraction of sp³-hybridized carbons (Fsp3) is 0.761. The Morgan fingerprint density at radius 3 is 2.07 bits per heavy atom. The second kappa shape index (κ2) is 33.2. The van der Waals surface area contributed by atoms with Crippen molar-refractivity contribution >= 4 is 25.5 Å². The highest BCUT2D eigenvalue weighted by atomic mass is 31.2. The summed E-state index contributed by atoms with van der Waals surface area (Å²) in [7, 11) is 0.993. The van der Waals surface area contributed by atoms with Crippen molar-refractivity contribution in [3.8, 4) is 0 Å². The molecule has 0 aromatic heterocycles. The number of allylic oxidation sites excluding steroid dienone is 7. The number of carbonyl (C=O) groups is 3. The highest BCUT2D eigenvalue weighted by Gasteiger charge is 2.39. The Morgan fingerprint density at radius 2 is 1.41 bits per heavy atom. The van der Waals surface area contributed by atoms with Gasteiger partial charge in [0.05, 0.1) is 40.0 Å². The summed E-state index contributed by atoms with van der Waals surface area (Å²) in [6.45, 7) is 3.76. The number of ketones is 1. The van der Waals surface area contributed by atoms with Gasteiger partial charge in [-0.1, -0.05) is 114 Å². The van der Waals surface area contributed by atoms with E-state index in [2.05, 4.69) is 50.3 Å². The zero-order chi connectivity index (χ0) is 43.8. The highest BCUT2D eigenvalue weighted by Crippen LogP contribution is 2.38. The molecule has 0 amide bonds. The van der Waals surface area contributed by atoms with E-state index in [1.807, 2.05) is 21.1 Å². The summed E-state index contributed by atoms with van der Waals surface area (Å²) in [5.41, 5.74) is 0. The van der Waals surface area contributed by atoms with Crippen LogP contribution in [0.1, 0.15) is 149 Å². The lowest BCUT2D eigenvalue weighted by atomic mass is 9.88. The van der Waals surface area contributed by atoms with Crippen molar-refractivity contribution in [1.82, 2.24) is 0 Å². The van der Waals surface area contributed by atoms with E-state index in [9.17, 15) is 34.1 Å². The van der Waals surface area contributed by atoms with Crippen LogP contribution in [0.15, 0.2) is 48.6 Å². The van der Waals surface area contributed by atoms with Gasteiger partial charge in [0.2, 0.25) is 0 Å². The summed E-state index contributed by atoms with van der Waals surface area (Å²) >= 11 is 0. The number of quaternary nitrogens is 1. The molecule has 1 fully saturated rings. The van der Waals surface area contributed by atoms with Gasteiger partial charge in [0.25, 0.3) is 7.82 Å². The van der Waals surface area contributed by atoms with Crippen molar-refractivity contribution in [1.29, 1.82) is 0 Å². The SMILES string of the molecule is CCCCC/C=C\C/C=C\C/C=C\CCCCC(=O)OC[C@H](COP(=O)([O-])OCC[N+](C)(C)C)OC(=O)CCCCCC[C@H]1[C@@H](O)CC(=O)[C@@H]1/C=C/[C@@H](O)CCCCC. The maximum Gasteiger partial charge on any atom is 0.306 e. The van der Waals surface area contributed by atoms with Crippen molar-refractivity contribution in [3.63, 3.8) is 0 Å². The van der Waals surface area contributed by atoms with Gasteiger partial charge in [0, 0.05) is 25.2 Å². The molecule has 1 saturated carbocycles. The van der Waals surface area contributed by atoms with Gasteiger partial charge in [-0.15, -0.1) is 0 Å². The normalized spacial score (nSPS) is 19.7. The molecule has 1 unspecified atom stereocenters. The van der Waals surface area contributed by atoms with Crippen LogP contribution in [0.3, 0.4) is 0 Å². The van der Waals surface area contributed by atoms with E-state index in [0.29, 0.717) is 43.1 Å². The predicted octanol–water partition coefficient (Wildman–Crippen LogP) is 8.64. The van der Waals surface area contributed by atoms with Crippen molar-refractivity contribution < 1.29 is 57.1 Å². The van der Waals surface area contributed by atoms with E-state index in [1.165, 1.54) is 19.3 Å². The number of nitrogens with zero attached hydrogens (tertiary/aromatic N) is 1. The third-order valence-electron chi connectivity index (χ3n) is 10.2. The zero-order valence-electron chi connectivity index (χ0n) is 37.1. The van der Waals surface area contributed by atoms with Crippen molar-refractivity contribution in [2.75, 3.05) is 47.5 Å². The van der Waals surface area contributed by atoms with Crippen LogP contribution >= 0.6 is 7.82 Å². The third-order valence-corrected chi connectivity index (χ3v) is 11.2. The fourth-order valence-corrected chi connectivity index (χ4v) is 7.35. The van der Waals surface area contributed by atoms with E-state index in [-0.39, 0.29) is 44.2 Å². The molecule has 6 atom stereocenters. The number of rotatable bonds is 36. The molecule has 1 aliphatic carbocycles. The van der Waals surface area contributed by atoms with Gasteiger partial charge >= 0.3 is 11.9 Å². The molecule has 0 heterocycles. The topological polar surface area (TPSA) is 169 Å². The summed E-state index contributed by atoms with van der Waals surface area (Å²) in [4.78, 5) is 50.3. The van der Waals surface area contributed by atoms with Crippen molar-refractivity contribution in [3.05, 3.63) is 48.6 Å². The molecule has 0 radical (unpaired) electrons. The standard InChI is InChI=1S/C46H80NO11P/c1-6-8-10-11-12-13-14-15-16-17-18-19-20-21-26-30-45(51)55-37-40(38-57-59(53,54)56-35-34-47(3,4)5)58-46(52)31-27-23-22-25-29-41-42(44(50)36-43(41)49)33-32-39(48)28-24-9-7-2/h12-13,15-16,18-19,32-33,39-43,48-49H,6-11,14,17,20-31,34-38H2,1-5H3/b13-12-,16-15-,19-18-,33-32+/t39-,40+,41+,42+,43-/m0/s1. The van der Waals surface area contributed by atoms with Gasteiger partial charge < -0.3 is 38.1 Å². The molecule has 0 aromatic carbocycles. The number of phosphoric ester groups is 1. The minimum absolute atomic E-state index is 0.00512. The van der Waals surface area contributed by atoms with E-state index >= 15 is 0 Å². The Morgan fingerprint density at radius 1 is 0.814 bits per heavy atom. The monoisotopic (exact) mass is 854 g/mol. The fourth-order valence-electron chi connectivity index (χ4n) is 6.62. The Kier molecular flexibility index (Phi) is 30.7. The summed E-state index contributed by atoms with van der Waals surface area (Å²) < 4.78 is 33.8. The van der Waals surface area contributed by atoms with E-state index in [0.717, 1.165) is 64.2 Å². The highest BCUT2D eigenvalue weighted by molar-refractivity contribution is 7.45. The Bertz CT molecular complexity index is 1310. The summed E-state index contributed by atoms with van der Waals surface area (Å²) in [5, 5.41) is 20.8. The number of hydrogen-bond donors (Lipinski definition) is 2. The number of Topliss-reactive ketones (excluding diaryl/α,β-unsaturated/α-hetero) is 1. The van der Waals surface area contributed by atoms with Crippen LogP contribution in [0, 0.1) is 11.8 Å². The maximum atomic E-state index is 12.8. The minimum Gasteiger partial charge on any atom is -0.756 e. The zero-order valence-corrected chi connectivity index (χ0v) is 38.0. The number of phosphoric acid groups is 1. The van der Waals surface area contributed by atoms with Crippen LogP contribution < -0.4 is 4.89 Å². The third kappa shape index (κ3) is 30.3. The molecule has 59 heavy (non-hydrogen) atoms. The first-order chi connectivity index (χ1) is 28.2. The molecule has 1 rings (SSSR count). The molecule has 1 aliphatic rings. The maximum absolute atomic E-state index is 12.8.